The first kappa shape index (κ1) is 21.6. The fraction of sp³-hybridized carbons (Fsp3) is 0.300. The summed E-state index contributed by atoms with van der Waals surface area (Å²) in [6, 6.07) is 9.85. The zero-order chi connectivity index (χ0) is 20.5. The van der Waals surface area contributed by atoms with Crippen LogP contribution in [-0.4, -0.2) is 32.6 Å². The fourth-order valence-corrected chi connectivity index (χ4v) is 2.72. The lowest BCUT2D eigenvalue weighted by atomic mass is 10.2. The van der Waals surface area contributed by atoms with Crippen LogP contribution in [-0.2, 0) is 0 Å². The highest BCUT2D eigenvalue weighted by molar-refractivity contribution is 9.10. The average Bonchev–Trinajstić information content (AvgIpc) is 2.72. The number of carbonyl (C=O) groups excluding carboxylic acids is 2. The Hall–Kier alpha value is -2.74. The maximum atomic E-state index is 12.5. The highest BCUT2D eigenvalue weighted by Crippen LogP contribution is 2.27. The van der Waals surface area contributed by atoms with Crippen LogP contribution in [0.15, 0.2) is 40.9 Å². The molecule has 0 aromatic heterocycles. The molecule has 2 N–H and O–H groups in total. The summed E-state index contributed by atoms with van der Waals surface area (Å²) in [5.41, 5.74) is 5.43. The van der Waals surface area contributed by atoms with E-state index in [2.05, 4.69) is 33.7 Å². The Morgan fingerprint density at radius 1 is 0.929 bits per heavy atom. The molecule has 0 saturated heterocycles. The van der Waals surface area contributed by atoms with Gasteiger partial charge in [-0.2, -0.15) is 0 Å². The summed E-state index contributed by atoms with van der Waals surface area (Å²) in [6.45, 7) is 2.57. The Bertz CT molecular complexity index is 841. The Kier molecular flexibility index (Phi) is 8.13. The topological polar surface area (TPSA) is 85.9 Å². The number of benzene rings is 2. The third kappa shape index (κ3) is 5.63. The SMILES string of the molecule is CCCCOc1ccc(Br)cc1C(=O)NNC(=O)c1ccc(OC)c(OC)c1. The van der Waals surface area contributed by atoms with Crippen molar-refractivity contribution in [3.63, 3.8) is 0 Å². The summed E-state index contributed by atoms with van der Waals surface area (Å²) in [4.78, 5) is 24.9. The lowest BCUT2D eigenvalue weighted by molar-refractivity contribution is 0.0844. The van der Waals surface area contributed by atoms with E-state index in [4.69, 9.17) is 14.2 Å². The molecule has 150 valence electrons. The van der Waals surface area contributed by atoms with E-state index < -0.39 is 11.8 Å². The Morgan fingerprint density at radius 3 is 2.29 bits per heavy atom. The maximum absolute atomic E-state index is 12.5. The van der Waals surface area contributed by atoms with Gasteiger partial charge in [0.1, 0.15) is 5.75 Å². The van der Waals surface area contributed by atoms with Gasteiger partial charge in [-0.05, 0) is 42.8 Å². The number of nitrogens with one attached hydrogen (secondary N) is 2. The van der Waals surface area contributed by atoms with Crippen molar-refractivity contribution in [3.05, 3.63) is 52.0 Å². The number of halogens is 1. The van der Waals surface area contributed by atoms with Crippen LogP contribution in [0.5, 0.6) is 17.2 Å². The number of hydrogen-bond donors (Lipinski definition) is 2. The van der Waals surface area contributed by atoms with E-state index in [1.54, 1.807) is 30.3 Å². The number of hydrazine groups is 1. The molecule has 0 atom stereocenters. The third-order valence-corrected chi connectivity index (χ3v) is 4.37. The molecule has 0 bridgehead atoms. The Labute approximate surface area is 172 Å². The van der Waals surface area contributed by atoms with Gasteiger partial charge in [-0.1, -0.05) is 29.3 Å². The summed E-state index contributed by atoms with van der Waals surface area (Å²) in [5, 5.41) is 0. The summed E-state index contributed by atoms with van der Waals surface area (Å²) >= 11 is 3.34. The van der Waals surface area contributed by atoms with Gasteiger partial charge >= 0.3 is 0 Å². The first-order valence-corrected chi connectivity index (χ1v) is 9.54. The first-order chi connectivity index (χ1) is 13.5. The predicted molar refractivity (Wildman–Crippen MR) is 109 cm³/mol. The molecule has 0 aliphatic rings. The van der Waals surface area contributed by atoms with Gasteiger partial charge in [0.25, 0.3) is 11.8 Å². The van der Waals surface area contributed by atoms with Crippen molar-refractivity contribution in [3.8, 4) is 17.2 Å². The van der Waals surface area contributed by atoms with Crippen molar-refractivity contribution in [2.75, 3.05) is 20.8 Å². The van der Waals surface area contributed by atoms with E-state index in [1.807, 2.05) is 0 Å². The summed E-state index contributed by atoms with van der Waals surface area (Å²) in [6.07, 6.45) is 1.87. The smallest absolute Gasteiger partial charge is 0.273 e. The number of rotatable bonds is 8. The molecular formula is C20H23BrN2O5. The molecule has 8 heteroatoms. The van der Waals surface area contributed by atoms with E-state index in [0.29, 0.717) is 35.0 Å². The van der Waals surface area contributed by atoms with Crippen LogP contribution in [0.1, 0.15) is 40.5 Å². The van der Waals surface area contributed by atoms with Gasteiger partial charge in [0, 0.05) is 10.0 Å². The van der Waals surface area contributed by atoms with Crippen LogP contribution < -0.4 is 25.1 Å². The molecule has 0 unspecified atom stereocenters. The first-order valence-electron chi connectivity index (χ1n) is 8.75. The second-order valence-corrected chi connectivity index (χ2v) is 6.74. The molecule has 28 heavy (non-hydrogen) atoms. The van der Waals surface area contributed by atoms with Crippen LogP contribution in [0.25, 0.3) is 0 Å². The van der Waals surface area contributed by atoms with Gasteiger partial charge < -0.3 is 14.2 Å². The average molecular weight is 451 g/mol. The highest BCUT2D eigenvalue weighted by Gasteiger charge is 2.16. The van der Waals surface area contributed by atoms with Crippen molar-refractivity contribution in [1.29, 1.82) is 0 Å². The van der Waals surface area contributed by atoms with Gasteiger partial charge in [0.05, 0.1) is 26.4 Å². The van der Waals surface area contributed by atoms with Crippen LogP contribution in [0.2, 0.25) is 0 Å². The van der Waals surface area contributed by atoms with Crippen molar-refractivity contribution < 1.29 is 23.8 Å². The molecule has 2 rings (SSSR count). The van der Waals surface area contributed by atoms with E-state index >= 15 is 0 Å². The Morgan fingerprint density at radius 2 is 1.61 bits per heavy atom. The van der Waals surface area contributed by atoms with E-state index in [0.717, 1.165) is 17.3 Å². The van der Waals surface area contributed by atoms with Crippen molar-refractivity contribution in [2.24, 2.45) is 0 Å². The molecule has 0 aliphatic carbocycles. The second kappa shape index (κ2) is 10.6. The monoisotopic (exact) mass is 450 g/mol. The maximum Gasteiger partial charge on any atom is 0.273 e. The number of unbranched alkanes of at least 4 members (excludes halogenated alkanes) is 1. The van der Waals surface area contributed by atoms with Crippen molar-refractivity contribution in [1.82, 2.24) is 10.9 Å². The second-order valence-electron chi connectivity index (χ2n) is 5.82. The lowest BCUT2D eigenvalue weighted by Gasteiger charge is -2.13. The predicted octanol–water partition coefficient (Wildman–Crippen LogP) is 3.72. The third-order valence-electron chi connectivity index (χ3n) is 3.88. The molecule has 7 nitrogen and oxygen atoms in total. The van der Waals surface area contributed by atoms with E-state index in [-0.39, 0.29) is 0 Å². The Balaban J connectivity index is 2.07. The number of methoxy groups -OCH3 is 2. The minimum absolute atomic E-state index is 0.312. The molecule has 0 heterocycles. The van der Waals surface area contributed by atoms with E-state index in [9.17, 15) is 9.59 Å². The molecule has 0 spiro atoms. The zero-order valence-electron chi connectivity index (χ0n) is 16.0. The molecule has 2 aromatic rings. The number of carbonyl (C=O) groups is 2. The van der Waals surface area contributed by atoms with Crippen LogP contribution >= 0.6 is 15.9 Å². The normalized spacial score (nSPS) is 10.1. The number of ether oxygens (including phenoxy) is 3. The summed E-state index contributed by atoms with van der Waals surface area (Å²) in [7, 11) is 2.99. The fourth-order valence-electron chi connectivity index (χ4n) is 2.36. The minimum Gasteiger partial charge on any atom is -0.493 e. The molecule has 0 saturated carbocycles. The highest BCUT2D eigenvalue weighted by atomic mass is 79.9. The van der Waals surface area contributed by atoms with Crippen LogP contribution in [0, 0.1) is 0 Å². The minimum atomic E-state index is -0.488. The standard InChI is InChI=1S/C20H23BrN2O5/c1-4-5-10-28-16-9-7-14(21)12-15(16)20(25)23-22-19(24)13-6-8-17(26-2)18(11-13)27-3/h6-9,11-12H,4-5,10H2,1-3H3,(H,22,24)(H,23,25). The molecule has 0 aliphatic heterocycles. The van der Waals surface area contributed by atoms with Crippen molar-refractivity contribution in [2.45, 2.75) is 19.8 Å². The quantitative estimate of drug-likeness (QED) is 0.472. The molecular weight excluding hydrogens is 428 g/mol. The molecule has 2 amide bonds. The zero-order valence-corrected chi connectivity index (χ0v) is 17.6. The van der Waals surface area contributed by atoms with Gasteiger partial charge in [-0.25, -0.2) is 0 Å². The number of amides is 2. The number of hydrogen-bond acceptors (Lipinski definition) is 5. The molecule has 0 fully saturated rings. The van der Waals surface area contributed by atoms with Gasteiger partial charge in [0.15, 0.2) is 11.5 Å². The van der Waals surface area contributed by atoms with Crippen LogP contribution in [0.3, 0.4) is 0 Å². The van der Waals surface area contributed by atoms with Crippen molar-refractivity contribution >= 4 is 27.7 Å². The lowest BCUT2D eigenvalue weighted by Crippen LogP contribution is -2.41. The summed E-state index contributed by atoms with van der Waals surface area (Å²) < 4.78 is 16.7. The summed E-state index contributed by atoms with van der Waals surface area (Å²) in [5.74, 6) is 0.403. The van der Waals surface area contributed by atoms with Gasteiger partial charge in [0.2, 0.25) is 0 Å². The molecule has 0 radical (unpaired) electrons. The van der Waals surface area contributed by atoms with Gasteiger partial charge in [-0.3, -0.25) is 20.4 Å². The van der Waals surface area contributed by atoms with Gasteiger partial charge in [-0.15, -0.1) is 0 Å². The largest absolute Gasteiger partial charge is 0.493 e. The van der Waals surface area contributed by atoms with Crippen LogP contribution in [0.4, 0.5) is 0 Å². The van der Waals surface area contributed by atoms with E-state index in [1.165, 1.54) is 20.3 Å². The molecule has 2 aromatic carbocycles.